The predicted octanol–water partition coefficient (Wildman–Crippen LogP) is 3.33. The summed E-state index contributed by atoms with van der Waals surface area (Å²) in [5.41, 5.74) is 3.06. The van der Waals surface area contributed by atoms with Crippen molar-refractivity contribution in [1.29, 1.82) is 0 Å². The van der Waals surface area contributed by atoms with Crippen molar-refractivity contribution in [2.75, 3.05) is 16.4 Å². The molecule has 4 rings (SSSR count). The second kappa shape index (κ2) is 9.13. The van der Waals surface area contributed by atoms with E-state index < -0.39 is 21.8 Å². The van der Waals surface area contributed by atoms with Gasteiger partial charge in [-0.05, 0) is 47.7 Å². The van der Waals surface area contributed by atoms with E-state index in [1.807, 2.05) is 36.6 Å². The van der Waals surface area contributed by atoms with Crippen LogP contribution in [0.4, 0.5) is 11.4 Å². The van der Waals surface area contributed by atoms with E-state index in [9.17, 15) is 18.0 Å². The molecule has 3 aromatic rings. The predicted molar refractivity (Wildman–Crippen MR) is 127 cm³/mol. The van der Waals surface area contributed by atoms with Crippen molar-refractivity contribution in [2.24, 2.45) is 0 Å². The highest BCUT2D eigenvalue weighted by Gasteiger charge is 2.30. The monoisotopic (exact) mass is 469 g/mol. The molecule has 166 valence electrons. The van der Waals surface area contributed by atoms with Crippen LogP contribution in [-0.4, -0.2) is 32.0 Å². The highest BCUT2D eigenvalue weighted by Crippen LogP contribution is 2.28. The number of thiophene rings is 1. The Morgan fingerprint density at radius 2 is 1.91 bits per heavy atom. The molecule has 3 N–H and O–H groups in total. The maximum atomic E-state index is 12.7. The Kier molecular flexibility index (Phi) is 6.29. The van der Waals surface area contributed by atoms with E-state index in [2.05, 4.69) is 16.0 Å². The molecule has 0 aliphatic carbocycles. The molecule has 7 nitrogen and oxygen atoms in total. The number of anilines is 2. The molecular weight excluding hydrogens is 446 g/mol. The van der Waals surface area contributed by atoms with Crippen molar-refractivity contribution >= 4 is 44.4 Å². The molecule has 1 aromatic heterocycles. The van der Waals surface area contributed by atoms with Gasteiger partial charge in [-0.3, -0.25) is 9.59 Å². The second-order valence-corrected chi connectivity index (χ2v) is 10.8. The summed E-state index contributed by atoms with van der Waals surface area (Å²) in [5, 5.41) is 10.5. The Hall–Kier alpha value is -3.17. The van der Waals surface area contributed by atoms with Gasteiger partial charge in [0.15, 0.2) is 9.84 Å². The third kappa shape index (κ3) is 5.17. The molecule has 1 aliphatic rings. The molecule has 0 fully saturated rings. The number of carbonyl (C=O) groups is 2. The van der Waals surface area contributed by atoms with E-state index in [1.54, 1.807) is 41.7 Å². The highest BCUT2D eigenvalue weighted by atomic mass is 32.2. The second-order valence-electron chi connectivity index (χ2n) is 7.69. The van der Waals surface area contributed by atoms with Crippen LogP contribution in [0.5, 0.6) is 0 Å². The van der Waals surface area contributed by atoms with Crippen molar-refractivity contribution in [3.63, 3.8) is 0 Å². The summed E-state index contributed by atoms with van der Waals surface area (Å²) in [6.07, 6.45) is 0. The molecular formula is C23H23N3O4S2. The number of amides is 2. The number of hydrogen-bond acceptors (Lipinski definition) is 6. The van der Waals surface area contributed by atoms with Gasteiger partial charge in [-0.1, -0.05) is 30.3 Å². The zero-order chi connectivity index (χ0) is 22.7. The Bertz CT molecular complexity index is 1250. The SMILES string of the molecule is Cc1ccccc1CS(=O)(=O)C[C@H]1Nc2ccc(C(=O)NCc3cccs3)cc2NC1=O. The van der Waals surface area contributed by atoms with Gasteiger partial charge >= 0.3 is 0 Å². The van der Waals surface area contributed by atoms with Crippen LogP contribution in [0.2, 0.25) is 0 Å². The lowest BCUT2D eigenvalue weighted by Gasteiger charge is -2.27. The normalized spacial score (nSPS) is 15.4. The third-order valence-electron chi connectivity index (χ3n) is 5.25. The molecule has 0 bridgehead atoms. The van der Waals surface area contributed by atoms with Crippen LogP contribution in [0.1, 0.15) is 26.4 Å². The minimum Gasteiger partial charge on any atom is -0.371 e. The van der Waals surface area contributed by atoms with E-state index in [1.165, 1.54) is 0 Å². The first kappa shape index (κ1) is 22.0. The largest absolute Gasteiger partial charge is 0.371 e. The highest BCUT2D eigenvalue weighted by molar-refractivity contribution is 7.90. The van der Waals surface area contributed by atoms with Crippen molar-refractivity contribution < 1.29 is 18.0 Å². The van der Waals surface area contributed by atoms with Crippen LogP contribution >= 0.6 is 11.3 Å². The average molecular weight is 470 g/mol. The van der Waals surface area contributed by atoms with E-state index in [0.29, 0.717) is 23.5 Å². The molecule has 0 unspecified atom stereocenters. The topological polar surface area (TPSA) is 104 Å². The molecule has 0 spiro atoms. The van der Waals surface area contributed by atoms with Crippen molar-refractivity contribution in [3.05, 3.63) is 81.5 Å². The molecule has 32 heavy (non-hydrogen) atoms. The maximum absolute atomic E-state index is 12.7. The minimum atomic E-state index is -3.53. The van der Waals surface area contributed by atoms with Gasteiger partial charge in [0, 0.05) is 10.4 Å². The van der Waals surface area contributed by atoms with E-state index >= 15 is 0 Å². The van der Waals surface area contributed by atoms with Gasteiger partial charge in [0.25, 0.3) is 5.91 Å². The van der Waals surface area contributed by atoms with Crippen LogP contribution in [0.15, 0.2) is 60.0 Å². The number of rotatable bonds is 7. The Morgan fingerprint density at radius 3 is 2.66 bits per heavy atom. The fourth-order valence-electron chi connectivity index (χ4n) is 3.51. The van der Waals surface area contributed by atoms with Gasteiger partial charge in [0.05, 0.1) is 29.4 Å². The summed E-state index contributed by atoms with van der Waals surface area (Å²) in [6.45, 7) is 2.29. The zero-order valence-corrected chi connectivity index (χ0v) is 19.1. The van der Waals surface area contributed by atoms with E-state index in [-0.39, 0.29) is 17.4 Å². The van der Waals surface area contributed by atoms with Gasteiger partial charge in [0.2, 0.25) is 5.91 Å². The van der Waals surface area contributed by atoms with Crippen LogP contribution in [0.25, 0.3) is 0 Å². The molecule has 0 saturated heterocycles. The van der Waals surface area contributed by atoms with Crippen LogP contribution in [-0.2, 0) is 26.9 Å². The Morgan fingerprint density at radius 1 is 1.09 bits per heavy atom. The van der Waals surface area contributed by atoms with Crippen LogP contribution in [0, 0.1) is 6.92 Å². The maximum Gasteiger partial charge on any atom is 0.251 e. The summed E-state index contributed by atoms with van der Waals surface area (Å²) < 4.78 is 25.4. The number of hydrogen-bond donors (Lipinski definition) is 3. The number of fused-ring (bicyclic) bond motifs is 1. The average Bonchev–Trinajstić information content (AvgIpc) is 3.27. The van der Waals surface area contributed by atoms with Gasteiger partial charge < -0.3 is 16.0 Å². The lowest BCUT2D eigenvalue weighted by Crippen LogP contribution is -2.43. The van der Waals surface area contributed by atoms with Crippen molar-refractivity contribution in [2.45, 2.75) is 25.3 Å². The first-order valence-electron chi connectivity index (χ1n) is 10.1. The summed E-state index contributed by atoms with van der Waals surface area (Å²) in [5.74, 6) is -1.14. The van der Waals surface area contributed by atoms with Crippen molar-refractivity contribution in [3.8, 4) is 0 Å². The Balaban J connectivity index is 1.42. The smallest absolute Gasteiger partial charge is 0.251 e. The number of sulfone groups is 1. The van der Waals surface area contributed by atoms with Gasteiger partial charge in [-0.2, -0.15) is 0 Å². The molecule has 2 amide bonds. The van der Waals surface area contributed by atoms with Crippen LogP contribution in [0.3, 0.4) is 0 Å². The number of aryl methyl sites for hydroxylation is 1. The number of carbonyl (C=O) groups excluding carboxylic acids is 2. The molecule has 0 saturated carbocycles. The molecule has 2 aromatic carbocycles. The molecule has 1 aliphatic heterocycles. The lowest BCUT2D eigenvalue weighted by molar-refractivity contribution is -0.116. The van der Waals surface area contributed by atoms with Gasteiger partial charge in [-0.25, -0.2) is 8.42 Å². The number of nitrogens with one attached hydrogen (secondary N) is 3. The first-order chi connectivity index (χ1) is 15.3. The number of benzene rings is 2. The summed E-state index contributed by atoms with van der Waals surface area (Å²) in [7, 11) is -3.53. The van der Waals surface area contributed by atoms with Crippen molar-refractivity contribution in [1.82, 2.24) is 5.32 Å². The summed E-state index contributed by atoms with van der Waals surface area (Å²) >= 11 is 1.56. The van der Waals surface area contributed by atoms with E-state index in [0.717, 1.165) is 16.0 Å². The molecule has 9 heteroatoms. The molecule has 2 heterocycles. The third-order valence-corrected chi connectivity index (χ3v) is 7.71. The standard InChI is InChI=1S/C23H23N3O4S2/c1-15-5-2-3-6-17(15)13-32(29,30)14-21-23(28)26-20-11-16(8-9-19(20)25-21)22(27)24-12-18-7-4-10-31-18/h2-11,21,25H,12-14H2,1H3,(H,24,27)(H,26,28)/t21-/m1/s1. The Labute approximate surface area is 190 Å². The van der Waals surface area contributed by atoms with Crippen LogP contribution < -0.4 is 16.0 Å². The fraction of sp³-hybridized carbons (Fsp3) is 0.217. The molecule has 1 atom stereocenters. The van der Waals surface area contributed by atoms with E-state index in [4.69, 9.17) is 0 Å². The first-order valence-corrected chi connectivity index (χ1v) is 12.8. The summed E-state index contributed by atoms with van der Waals surface area (Å²) in [6, 6.07) is 15.2. The fourth-order valence-corrected chi connectivity index (χ4v) is 5.81. The zero-order valence-electron chi connectivity index (χ0n) is 17.4. The summed E-state index contributed by atoms with van der Waals surface area (Å²) in [4.78, 5) is 26.1. The van der Waals surface area contributed by atoms with Gasteiger partial charge in [-0.15, -0.1) is 11.3 Å². The van der Waals surface area contributed by atoms with Gasteiger partial charge in [0.1, 0.15) is 6.04 Å². The molecule has 0 radical (unpaired) electrons. The quantitative estimate of drug-likeness (QED) is 0.492. The lowest BCUT2D eigenvalue weighted by atomic mass is 10.1. The minimum absolute atomic E-state index is 0.124.